The van der Waals surface area contributed by atoms with Gasteiger partial charge in [-0.25, -0.2) is 0 Å². The van der Waals surface area contributed by atoms with Crippen LogP contribution < -0.4 is 0 Å². The van der Waals surface area contributed by atoms with E-state index < -0.39 is 28.7 Å². The predicted octanol–water partition coefficient (Wildman–Crippen LogP) is 0.986. The monoisotopic (exact) mass is 298 g/mol. The van der Waals surface area contributed by atoms with E-state index in [0.717, 1.165) is 5.56 Å². The van der Waals surface area contributed by atoms with Crippen LogP contribution in [0.15, 0.2) is 29.2 Å². The maximum absolute atomic E-state index is 12.0. The molecule has 1 aromatic carbocycles. The lowest BCUT2D eigenvalue weighted by Gasteiger charge is -2.09. The quantitative estimate of drug-likeness (QED) is 0.599. The van der Waals surface area contributed by atoms with Gasteiger partial charge in [0.25, 0.3) is 0 Å². The summed E-state index contributed by atoms with van der Waals surface area (Å²) in [4.78, 5) is 22.9. The Morgan fingerprint density at radius 2 is 1.90 bits per heavy atom. The normalized spacial score (nSPS) is 13.6. The van der Waals surface area contributed by atoms with Gasteiger partial charge in [0.2, 0.25) is 0 Å². The topological polar surface area (TPSA) is 80.7 Å². The molecule has 1 aromatic rings. The van der Waals surface area contributed by atoms with Gasteiger partial charge in [-0.2, -0.15) is 0 Å². The Labute approximate surface area is 120 Å². The average molecular weight is 298 g/mol. The molecule has 0 amide bonds. The lowest BCUT2D eigenvalue weighted by Crippen LogP contribution is -2.22. The van der Waals surface area contributed by atoms with Gasteiger partial charge in [0.05, 0.1) is 29.8 Å². The predicted molar refractivity (Wildman–Crippen MR) is 74.7 cm³/mol. The fourth-order valence-electron chi connectivity index (χ4n) is 1.59. The van der Waals surface area contributed by atoms with E-state index in [1.807, 2.05) is 19.1 Å². The molecule has 0 radical (unpaired) electrons. The van der Waals surface area contributed by atoms with E-state index in [1.54, 1.807) is 12.1 Å². The van der Waals surface area contributed by atoms with Gasteiger partial charge in [-0.3, -0.25) is 13.8 Å². The van der Waals surface area contributed by atoms with Crippen LogP contribution in [-0.4, -0.2) is 40.0 Å². The largest absolute Gasteiger partial charge is 0.469 e. The molecule has 0 bridgehead atoms. The number of aliphatic hydroxyl groups excluding tert-OH is 1. The van der Waals surface area contributed by atoms with Crippen LogP contribution in [0.4, 0.5) is 0 Å². The molecule has 0 saturated heterocycles. The Morgan fingerprint density at radius 1 is 1.30 bits per heavy atom. The average Bonchev–Trinajstić information content (AvgIpc) is 2.38. The van der Waals surface area contributed by atoms with Crippen molar-refractivity contribution in [1.29, 1.82) is 0 Å². The molecule has 20 heavy (non-hydrogen) atoms. The Morgan fingerprint density at radius 3 is 2.45 bits per heavy atom. The minimum absolute atomic E-state index is 0.0318. The molecule has 1 rings (SSSR count). The third-order valence-corrected chi connectivity index (χ3v) is 4.15. The van der Waals surface area contributed by atoms with Gasteiger partial charge >= 0.3 is 5.97 Å². The number of ether oxygens (including phenoxy) is 1. The van der Waals surface area contributed by atoms with Gasteiger partial charge in [-0.1, -0.05) is 17.7 Å². The van der Waals surface area contributed by atoms with Gasteiger partial charge in [-0.05, 0) is 19.1 Å². The highest BCUT2D eigenvalue weighted by Gasteiger charge is 2.17. The molecule has 6 heteroatoms. The molecule has 110 valence electrons. The highest BCUT2D eigenvalue weighted by molar-refractivity contribution is 7.85. The Bertz CT molecular complexity index is 495. The molecule has 0 unspecified atom stereocenters. The smallest absolute Gasteiger partial charge is 0.313 e. The molecule has 0 heterocycles. The minimum Gasteiger partial charge on any atom is -0.469 e. The molecule has 0 aliphatic rings. The summed E-state index contributed by atoms with van der Waals surface area (Å²) < 4.78 is 16.3. The molecule has 0 aromatic heterocycles. The number of Topliss-reactive ketones (excluding diaryl/α,β-unsaturated/α-hetero) is 1. The molecular formula is C14H18O5S. The van der Waals surface area contributed by atoms with Crippen LogP contribution in [0.25, 0.3) is 0 Å². The van der Waals surface area contributed by atoms with Crippen molar-refractivity contribution in [3.8, 4) is 0 Å². The second-order valence-corrected chi connectivity index (χ2v) is 5.97. The number of aryl methyl sites for hydroxylation is 1. The summed E-state index contributed by atoms with van der Waals surface area (Å²) in [5.41, 5.74) is 1.06. The van der Waals surface area contributed by atoms with Crippen LogP contribution in [-0.2, 0) is 25.1 Å². The lowest BCUT2D eigenvalue weighted by molar-refractivity contribution is -0.143. The fraction of sp³-hybridized carbons (Fsp3) is 0.429. The number of hydrogen-bond donors (Lipinski definition) is 1. The van der Waals surface area contributed by atoms with Crippen LogP contribution in [0.1, 0.15) is 18.4 Å². The standard InChI is InChI=1S/C14H18O5S/c1-10-3-5-13(6-4-10)20(18)9-12(16)7-11(15)8-14(17)19-2/h3-6,12,16H,7-9H2,1-2H3/t12-,20+/m1/s1. The number of ketones is 1. The maximum Gasteiger partial charge on any atom is 0.313 e. The van der Waals surface area contributed by atoms with E-state index in [0.29, 0.717) is 4.90 Å². The third-order valence-electron chi connectivity index (χ3n) is 2.66. The van der Waals surface area contributed by atoms with Crippen molar-refractivity contribution in [3.63, 3.8) is 0 Å². The van der Waals surface area contributed by atoms with E-state index in [-0.39, 0.29) is 18.6 Å². The number of benzene rings is 1. The zero-order chi connectivity index (χ0) is 15.1. The van der Waals surface area contributed by atoms with Crippen LogP contribution in [0.3, 0.4) is 0 Å². The third kappa shape index (κ3) is 5.63. The van der Waals surface area contributed by atoms with Crippen molar-refractivity contribution in [1.82, 2.24) is 0 Å². The summed E-state index contributed by atoms with van der Waals surface area (Å²) in [7, 11) is -0.178. The summed E-state index contributed by atoms with van der Waals surface area (Å²) in [5.74, 6) is -1.09. The van der Waals surface area contributed by atoms with Crippen molar-refractivity contribution >= 4 is 22.6 Å². The Kier molecular flexibility index (Phi) is 6.54. The summed E-state index contributed by atoms with van der Waals surface area (Å²) in [6.45, 7) is 1.92. The molecule has 0 aliphatic carbocycles. The number of carbonyl (C=O) groups excluding carboxylic acids is 2. The summed E-state index contributed by atoms with van der Waals surface area (Å²) in [5, 5.41) is 9.73. The van der Waals surface area contributed by atoms with Crippen molar-refractivity contribution in [2.45, 2.75) is 30.8 Å². The number of esters is 1. The Balaban J connectivity index is 2.47. The lowest BCUT2D eigenvalue weighted by atomic mass is 10.1. The first-order valence-corrected chi connectivity index (χ1v) is 7.46. The number of rotatable bonds is 7. The molecule has 0 spiro atoms. The minimum atomic E-state index is -1.37. The molecular weight excluding hydrogens is 280 g/mol. The van der Waals surface area contributed by atoms with Gasteiger partial charge in [0, 0.05) is 11.3 Å². The summed E-state index contributed by atoms with van der Waals surface area (Å²) >= 11 is 0. The fourth-order valence-corrected chi connectivity index (χ4v) is 2.69. The number of hydrogen-bond acceptors (Lipinski definition) is 5. The van der Waals surface area contributed by atoms with Gasteiger partial charge in [0.15, 0.2) is 0 Å². The molecule has 5 nitrogen and oxygen atoms in total. The molecule has 1 N–H and O–H groups in total. The SMILES string of the molecule is COC(=O)CC(=O)C[C@@H](O)C[S@](=O)c1ccc(C)cc1. The number of methoxy groups -OCH3 is 1. The van der Waals surface area contributed by atoms with Gasteiger partial charge in [0.1, 0.15) is 12.2 Å². The van der Waals surface area contributed by atoms with Crippen molar-refractivity contribution in [2.75, 3.05) is 12.9 Å². The van der Waals surface area contributed by atoms with Crippen LogP contribution >= 0.6 is 0 Å². The van der Waals surface area contributed by atoms with E-state index in [2.05, 4.69) is 4.74 Å². The molecule has 2 atom stereocenters. The Hall–Kier alpha value is -1.53. The van der Waals surface area contributed by atoms with Crippen molar-refractivity contribution in [2.24, 2.45) is 0 Å². The van der Waals surface area contributed by atoms with E-state index >= 15 is 0 Å². The zero-order valence-electron chi connectivity index (χ0n) is 11.5. The van der Waals surface area contributed by atoms with Gasteiger partial charge < -0.3 is 9.84 Å². The highest BCUT2D eigenvalue weighted by atomic mass is 32.2. The van der Waals surface area contributed by atoms with Crippen molar-refractivity contribution in [3.05, 3.63) is 29.8 Å². The van der Waals surface area contributed by atoms with E-state index in [9.17, 15) is 18.9 Å². The molecule has 0 saturated carbocycles. The van der Waals surface area contributed by atoms with Crippen LogP contribution in [0, 0.1) is 6.92 Å². The summed E-state index contributed by atoms with van der Waals surface area (Å²) in [6.07, 6.45) is -1.61. The van der Waals surface area contributed by atoms with Crippen LogP contribution in [0.2, 0.25) is 0 Å². The molecule has 0 fully saturated rings. The van der Waals surface area contributed by atoms with Gasteiger partial charge in [-0.15, -0.1) is 0 Å². The highest BCUT2D eigenvalue weighted by Crippen LogP contribution is 2.11. The zero-order valence-corrected chi connectivity index (χ0v) is 12.3. The van der Waals surface area contributed by atoms with Crippen molar-refractivity contribution < 1.29 is 23.6 Å². The first-order valence-electron chi connectivity index (χ1n) is 6.14. The van der Waals surface area contributed by atoms with Crippen LogP contribution in [0.5, 0.6) is 0 Å². The second-order valence-electron chi connectivity index (χ2n) is 4.47. The second kappa shape index (κ2) is 7.91. The number of aliphatic hydroxyl groups is 1. The first kappa shape index (κ1) is 16.5. The number of carbonyl (C=O) groups is 2. The maximum atomic E-state index is 12.0. The molecule has 0 aliphatic heterocycles. The first-order chi connectivity index (χ1) is 9.42. The van der Waals surface area contributed by atoms with E-state index in [4.69, 9.17) is 0 Å². The van der Waals surface area contributed by atoms with E-state index in [1.165, 1.54) is 7.11 Å². The summed E-state index contributed by atoms with van der Waals surface area (Å²) in [6, 6.07) is 7.13.